The van der Waals surface area contributed by atoms with Crippen LogP contribution in [0, 0.1) is 0 Å². The fourth-order valence-electron chi connectivity index (χ4n) is 0.787. The van der Waals surface area contributed by atoms with Gasteiger partial charge in [0.2, 0.25) is 0 Å². The maximum atomic E-state index is 11.4. The molecule has 0 amide bonds. The lowest BCUT2D eigenvalue weighted by Gasteiger charge is -1.95. The molecule has 0 saturated carbocycles. The van der Waals surface area contributed by atoms with Crippen molar-refractivity contribution in [1.82, 2.24) is 4.98 Å². The van der Waals surface area contributed by atoms with Gasteiger partial charge in [0.25, 0.3) is 0 Å². The Morgan fingerprint density at radius 1 is 1.43 bits per heavy atom. The number of thiazole rings is 1. The molecule has 0 aromatic carbocycles. The van der Waals surface area contributed by atoms with Gasteiger partial charge in [0, 0.05) is 13.1 Å². The molecule has 4 N–H and O–H groups in total. The molecular weight excluding hydrogens is 246 g/mol. The zero-order valence-electron chi connectivity index (χ0n) is 7.34. The molecule has 0 aliphatic heterocycles. The van der Waals surface area contributed by atoms with Gasteiger partial charge in [0.1, 0.15) is 9.22 Å². The monoisotopic (exact) mass is 257 g/mol. The predicted octanol–water partition coefficient (Wildman–Crippen LogP) is -0.244. The number of hydrogen-bond donors (Lipinski definition) is 2. The third-order valence-electron chi connectivity index (χ3n) is 1.40. The molecule has 5 nitrogen and oxygen atoms in total. The van der Waals surface area contributed by atoms with E-state index in [9.17, 15) is 8.42 Å². The van der Waals surface area contributed by atoms with E-state index in [1.54, 1.807) is 0 Å². The summed E-state index contributed by atoms with van der Waals surface area (Å²) < 4.78 is 23.1. The maximum absolute atomic E-state index is 11.4. The van der Waals surface area contributed by atoms with E-state index < -0.39 is 9.84 Å². The SMILES string of the molecule is Cl.NCCS(=O)(=O)c1cnc(CN)s1. The quantitative estimate of drug-likeness (QED) is 0.775. The summed E-state index contributed by atoms with van der Waals surface area (Å²) in [5, 5.41) is 0.621. The summed E-state index contributed by atoms with van der Waals surface area (Å²) in [7, 11) is -3.22. The van der Waals surface area contributed by atoms with Crippen LogP contribution in [0.5, 0.6) is 0 Å². The van der Waals surface area contributed by atoms with Crippen LogP contribution in [0.2, 0.25) is 0 Å². The molecule has 82 valence electrons. The van der Waals surface area contributed by atoms with Crippen LogP contribution in [0.4, 0.5) is 0 Å². The summed E-state index contributed by atoms with van der Waals surface area (Å²) in [6, 6.07) is 0. The summed E-state index contributed by atoms with van der Waals surface area (Å²) in [6.45, 7) is 0.390. The number of sulfone groups is 1. The first-order valence-corrected chi connectivity index (χ1v) is 6.14. The van der Waals surface area contributed by atoms with Gasteiger partial charge in [-0.25, -0.2) is 13.4 Å². The van der Waals surface area contributed by atoms with Crippen molar-refractivity contribution >= 4 is 33.6 Å². The highest BCUT2D eigenvalue weighted by molar-refractivity contribution is 7.93. The number of nitrogens with zero attached hydrogens (tertiary/aromatic N) is 1. The number of halogens is 1. The first-order valence-electron chi connectivity index (χ1n) is 3.67. The third-order valence-corrected chi connectivity index (χ3v) is 4.72. The lowest BCUT2D eigenvalue weighted by Crippen LogP contribution is -2.14. The third kappa shape index (κ3) is 3.18. The minimum atomic E-state index is -3.22. The summed E-state index contributed by atoms with van der Waals surface area (Å²) >= 11 is 1.10. The molecule has 0 spiro atoms. The van der Waals surface area contributed by atoms with E-state index in [2.05, 4.69) is 4.98 Å². The first-order chi connectivity index (χ1) is 6.10. The van der Waals surface area contributed by atoms with Gasteiger partial charge in [-0.1, -0.05) is 0 Å². The van der Waals surface area contributed by atoms with Crippen LogP contribution in [-0.2, 0) is 16.4 Å². The van der Waals surface area contributed by atoms with E-state index in [0.29, 0.717) is 5.01 Å². The van der Waals surface area contributed by atoms with E-state index in [4.69, 9.17) is 11.5 Å². The van der Waals surface area contributed by atoms with Gasteiger partial charge in [-0.3, -0.25) is 0 Å². The normalized spacial score (nSPS) is 11.0. The summed E-state index contributed by atoms with van der Waals surface area (Å²) in [5.74, 6) is -0.0425. The van der Waals surface area contributed by atoms with E-state index in [0.717, 1.165) is 11.3 Å². The molecule has 8 heteroatoms. The maximum Gasteiger partial charge on any atom is 0.190 e. The molecule has 0 unspecified atom stereocenters. The van der Waals surface area contributed by atoms with E-state index in [-0.39, 0.29) is 35.5 Å². The summed E-state index contributed by atoms with van der Waals surface area (Å²) in [6.07, 6.45) is 1.33. The van der Waals surface area contributed by atoms with Crippen LogP contribution in [-0.4, -0.2) is 25.7 Å². The van der Waals surface area contributed by atoms with Gasteiger partial charge in [-0.05, 0) is 0 Å². The average molecular weight is 258 g/mol. The minimum absolute atomic E-state index is 0. The largest absolute Gasteiger partial charge is 0.329 e. The summed E-state index contributed by atoms with van der Waals surface area (Å²) in [5.41, 5.74) is 10.5. The Labute approximate surface area is 92.8 Å². The van der Waals surface area contributed by atoms with Crippen molar-refractivity contribution in [1.29, 1.82) is 0 Å². The molecule has 0 fully saturated rings. The van der Waals surface area contributed by atoms with Crippen LogP contribution in [0.1, 0.15) is 5.01 Å². The van der Waals surface area contributed by atoms with Crippen LogP contribution < -0.4 is 11.5 Å². The van der Waals surface area contributed by atoms with Crippen molar-refractivity contribution in [2.45, 2.75) is 10.8 Å². The van der Waals surface area contributed by atoms with Gasteiger partial charge in [-0.15, -0.1) is 23.7 Å². The number of hydrogen-bond acceptors (Lipinski definition) is 6. The molecule has 1 heterocycles. The lowest BCUT2D eigenvalue weighted by molar-refractivity contribution is 0.597. The van der Waals surface area contributed by atoms with Gasteiger partial charge >= 0.3 is 0 Å². The molecule has 0 radical (unpaired) electrons. The van der Waals surface area contributed by atoms with Crippen LogP contribution in [0.3, 0.4) is 0 Å². The van der Waals surface area contributed by atoms with Crippen molar-refractivity contribution in [3.8, 4) is 0 Å². The molecule has 1 rings (SSSR count). The van der Waals surface area contributed by atoms with E-state index >= 15 is 0 Å². The molecule has 1 aromatic heterocycles. The van der Waals surface area contributed by atoms with Gasteiger partial charge in [0.05, 0.1) is 11.9 Å². The predicted molar refractivity (Wildman–Crippen MR) is 58.4 cm³/mol. The Morgan fingerprint density at radius 2 is 2.07 bits per heavy atom. The zero-order valence-corrected chi connectivity index (χ0v) is 9.79. The van der Waals surface area contributed by atoms with Crippen molar-refractivity contribution in [3.63, 3.8) is 0 Å². The number of rotatable bonds is 4. The number of aromatic nitrogens is 1. The van der Waals surface area contributed by atoms with Gasteiger partial charge in [-0.2, -0.15) is 0 Å². The second kappa shape index (κ2) is 5.62. The van der Waals surface area contributed by atoms with E-state index in [1.807, 2.05) is 0 Å². The fraction of sp³-hybridized carbons (Fsp3) is 0.500. The van der Waals surface area contributed by atoms with Crippen LogP contribution in [0.15, 0.2) is 10.4 Å². The fourth-order valence-corrected chi connectivity index (χ4v) is 3.09. The van der Waals surface area contributed by atoms with Crippen molar-refractivity contribution in [2.75, 3.05) is 12.3 Å². The molecule has 0 saturated heterocycles. The minimum Gasteiger partial charge on any atom is -0.329 e. The molecule has 0 aliphatic carbocycles. The highest BCUT2D eigenvalue weighted by Crippen LogP contribution is 2.19. The van der Waals surface area contributed by atoms with Crippen LogP contribution in [0.25, 0.3) is 0 Å². The second-order valence-corrected chi connectivity index (χ2v) is 5.84. The Kier molecular flexibility index (Phi) is 5.53. The molecular formula is C6H12ClN3O2S2. The average Bonchev–Trinajstić information content (AvgIpc) is 2.52. The Balaban J connectivity index is 0.00000169. The second-order valence-electron chi connectivity index (χ2n) is 2.38. The Morgan fingerprint density at radius 3 is 2.50 bits per heavy atom. The van der Waals surface area contributed by atoms with Crippen molar-refractivity contribution in [3.05, 3.63) is 11.2 Å². The molecule has 0 bridgehead atoms. The van der Waals surface area contributed by atoms with Gasteiger partial charge in [0.15, 0.2) is 9.84 Å². The molecule has 0 atom stereocenters. The molecule has 14 heavy (non-hydrogen) atoms. The lowest BCUT2D eigenvalue weighted by atomic mass is 10.7. The summed E-state index contributed by atoms with van der Waals surface area (Å²) in [4.78, 5) is 3.86. The molecule has 0 aliphatic rings. The van der Waals surface area contributed by atoms with Crippen LogP contribution >= 0.6 is 23.7 Å². The smallest absolute Gasteiger partial charge is 0.190 e. The molecule has 1 aromatic rings. The highest BCUT2D eigenvalue weighted by atomic mass is 35.5. The number of nitrogens with two attached hydrogens (primary N) is 2. The van der Waals surface area contributed by atoms with E-state index in [1.165, 1.54) is 6.20 Å². The first kappa shape index (κ1) is 13.8. The van der Waals surface area contributed by atoms with Crippen molar-refractivity contribution in [2.24, 2.45) is 11.5 Å². The topological polar surface area (TPSA) is 99.1 Å². The highest BCUT2D eigenvalue weighted by Gasteiger charge is 2.16. The zero-order chi connectivity index (χ0) is 9.90. The standard InChI is InChI=1S/C6H11N3O2S2.ClH/c7-1-2-13(10,11)6-4-9-5(3-8)12-6;/h4H,1-3,7-8H2;1H. The Bertz CT molecular complexity index is 376. The van der Waals surface area contributed by atoms with Gasteiger partial charge < -0.3 is 11.5 Å². The van der Waals surface area contributed by atoms with Crippen molar-refractivity contribution < 1.29 is 8.42 Å². The Hall–Kier alpha value is -0.210.